The molecule has 2 unspecified atom stereocenters. The van der Waals surface area contributed by atoms with Crippen molar-refractivity contribution < 1.29 is 4.79 Å². The number of carbonyl (C=O) groups excluding carboxylic acids is 1. The van der Waals surface area contributed by atoms with Gasteiger partial charge in [0.2, 0.25) is 0 Å². The number of benzene rings is 1. The Morgan fingerprint density at radius 2 is 2.03 bits per heavy atom. The first-order valence-electron chi connectivity index (χ1n) is 11.9. The first kappa shape index (κ1) is 23.2. The largest absolute Gasteiger partial charge is 0.319 e. The van der Waals surface area contributed by atoms with Crippen LogP contribution in [0.25, 0.3) is 22.2 Å². The highest BCUT2D eigenvalue weighted by Crippen LogP contribution is 2.29. The van der Waals surface area contributed by atoms with Crippen molar-refractivity contribution in [2.75, 3.05) is 5.32 Å². The molecule has 5 rings (SSSR count). The second kappa shape index (κ2) is 9.59. The fourth-order valence-electron chi connectivity index (χ4n) is 4.63. The summed E-state index contributed by atoms with van der Waals surface area (Å²) in [6, 6.07) is 15.4. The van der Waals surface area contributed by atoms with Gasteiger partial charge in [0.15, 0.2) is 0 Å². The Labute approximate surface area is 209 Å². The van der Waals surface area contributed by atoms with E-state index in [4.69, 9.17) is 15.3 Å². The average molecular weight is 475 g/mol. The Morgan fingerprint density at radius 3 is 2.78 bits per heavy atom. The minimum absolute atomic E-state index is 0.211. The van der Waals surface area contributed by atoms with Crippen LogP contribution in [0.15, 0.2) is 78.7 Å². The molecule has 3 heterocycles. The van der Waals surface area contributed by atoms with Gasteiger partial charge in [-0.1, -0.05) is 37.3 Å². The zero-order chi connectivity index (χ0) is 25.2. The summed E-state index contributed by atoms with van der Waals surface area (Å²) < 4.78 is 1.94. The molecule has 0 radical (unpaired) electrons. The number of nitrogens with one attached hydrogen (secondary N) is 1. The zero-order valence-electron chi connectivity index (χ0n) is 20.4. The van der Waals surface area contributed by atoms with Crippen LogP contribution in [0, 0.1) is 37.0 Å². The van der Waals surface area contributed by atoms with Crippen LogP contribution >= 0.6 is 0 Å². The topological polar surface area (TPSA) is 96.5 Å². The number of amides is 1. The van der Waals surface area contributed by atoms with Crippen LogP contribution in [0.2, 0.25) is 0 Å². The quantitative estimate of drug-likeness (QED) is 0.404. The third-order valence-electron chi connectivity index (χ3n) is 6.69. The summed E-state index contributed by atoms with van der Waals surface area (Å²) in [6.45, 7) is 6.64. The molecule has 1 amide bonds. The lowest BCUT2D eigenvalue weighted by atomic mass is 9.87. The summed E-state index contributed by atoms with van der Waals surface area (Å²) in [5, 5.41) is 17.8. The number of hydrogen-bond donors (Lipinski definition) is 1. The number of rotatable bonds is 5. The van der Waals surface area contributed by atoms with Crippen LogP contribution in [-0.4, -0.2) is 25.7 Å². The fraction of sp³-hybridized carbons (Fsp3) is 0.207. The van der Waals surface area contributed by atoms with Gasteiger partial charge in [0, 0.05) is 41.4 Å². The van der Waals surface area contributed by atoms with E-state index in [0.717, 1.165) is 27.9 Å². The Hall–Kier alpha value is -4.57. The van der Waals surface area contributed by atoms with Crippen molar-refractivity contribution in [3.63, 3.8) is 0 Å². The van der Waals surface area contributed by atoms with Crippen molar-refractivity contribution in [1.29, 1.82) is 5.26 Å². The molecule has 7 nitrogen and oxygen atoms in total. The van der Waals surface area contributed by atoms with E-state index in [0.29, 0.717) is 29.1 Å². The van der Waals surface area contributed by atoms with Crippen molar-refractivity contribution in [2.45, 2.75) is 27.3 Å². The Bertz CT molecular complexity index is 1560. The molecule has 0 fully saturated rings. The maximum absolute atomic E-state index is 13.6. The maximum Gasteiger partial charge on any atom is 0.256 e. The summed E-state index contributed by atoms with van der Waals surface area (Å²) in [6.07, 6.45) is 9.39. The van der Waals surface area contributed by atoms with E-state index in [1.165, 1.54) is 0 Å². The number of anilines is 1. The van der Waals surface area contributed by atoms with Gasteiger partial charge in [-0.25, -0.2) is 4.98 Å². The number of aryl methyl sites for hydroxylation is 1. The number of hydrogen-bond acceptors (Lipinski definition) is 5. The van der Waals surface area contributed by atoms with Crippen molar-refractivity contribution in [2.24, 2.45) is 11.8 Å². The molecule has 1 aliphatic carbocycles. The Morgan fingerprint density at radius 1 is 1.19 bits per heavy atom. The van der Waals surface area contributed by atoms with Crippen LogP contribution < -0.4 is 5.32 Å². The van der Waals surface area contributed by atoms with Gasteiger partial charge in [0.05, 0.1) is 39.9 Å². The number of pyridine rings is 2. The molecule has 1 aliphatic rings. The third-order valence-corrected chi connectivity index (χ3v) is 6.69. The molecule has 4 aromatic rings. The lowest BCUT2D eigenvalue weighted by molar-refractivity contribution is 0.102. The highest BCUT2D eigenvalue weighted by Gasteiger charge is 2.22. The highest BCUT2D eigenvalue weighted by atomic mass is 16.1. The molecular formula is C29H26N6O. The fourth-order valence-corrected chi connectivity index (χ4v) is 4.63. The predicted octanol–water partition coefficient (Wildman–Crippen LogP) is 5.63. The van der Waals surface area contributed by atoms with Gasteiger partial charge < -0.3 is 5.32 Å². The average Bonchev–Trinajstić information content (AvgIpc) is 3.16. The lowest BCUT2D eigenvalue weighted by Crippen LogP contribution is -2.19. The van der Waals surface area contributed by atoms with Crippen LogP contribution in [0.1, 0.15) is 28.7 Å². The predicted molar refractivity (Wildman–Crippen MR) is 140 cm³/mol. The molecule has 1 aromatic carbocycles. The molecule has 1 N–H and O–H groups in total. The maximum atomic E-state index is 13.6. The second-order valence-corrected chi connectivity index (χ2v) is 9.11. The van der Waals surface area contributed by atoms with Gasteiger partial charge in [-0.05, 0) is 50.1 Å². The number of aromatic nitrogens is 4. The van der Waals surface area contributed by atoms with E-state index in [9.17, 15) is 4.79 Å². The first-order chi connectivity index (χ1) is 17.4. The molecule has 0 saturated carbocycles. The molecule has 0 saturated heterocycles. The van der Waals surface area contributed by atoms with Crippen molar-refractivity contribution in [3.8, 4) is 17.3 Å². The molecule has 36 heavy (non-hydrogen) atoms. The second-order valence-electron chi connectivity index (χ2n) is 9.11. The van der Waals surface area contributed by atoms with Gasteiger partial charge in [-0.3, -0.25) is 14.5 Å². The summed E-state index contributed by atoms with van der Waals surface area (Å²) in [4.78, 5) is 22.5. The number of nitrogens with zero attached hydrogens (tertiary/aromatic N) is 5. The summed E-state index contributed by atoms with van der Waals surface area (Å²) >= 11 is 0. The third kappa shape index (κ3) is 4.41. The lowest BCUT2D eigenvalue weighted by Gasteiger charge is -2.22. The molecule has 3 aromatic heterocycles. The van der Waals surface area contributed by atoms with E-state index in [2.05, 4.69) is 29.4 Å². The van der Waals surface area contributed by atoms with E-state index in [1.807, 2.05) is 73.1 Å². The van der Waals surface area contributed by atoms with E-state index < -0.39 is 0 Å². The van der Waals surface area contributed by atoms with E-state index in [-0.39, 0.29) is 17.7 Å². The number of fused-ring (bicyclic) bond motifs is 1. The molecule has 0 aliphatic heterocycles. The van der Waals surface area contributed by atoms with E-state index in [1.54, 1.807) is 12.4 Å². The number of nitriles is 1. The standard InChI is InChI=1S/C29H26N6O/c1-18-13-21(15-30)10-11-23(18)17-35-20(3)28(19(2)34-35)33-29(36)25-14-27(22-7-6-12-31-16-22)32-26-9-5-4-8-24(25)26/h4-14,16,18,23H,17H2,1-3H3,(H,33,36). The molecule has 178 valence electrons. The molecule has 7 heteroatoms. The summed E-state index contributed by atoms with van der Waals surface area (Å²) in [7, 11) is 0. The number of allylic oxidation sites excluding steroid dienone is 4. The van der Waals surface area contributed by atoms with Crippen molar-refractivity contribution in [3.05, 3.63) is 95.6 Å². The monoisotopic (exact) mass is 474 g/mol. The van der Waals surface area contributed by atoms with Crippen LogP contribution in [0.4, 0.5) is 5.69 Å². The van der Waals surface area contributed by atoms with Crippen molar-refractivity contribution >= 4 is 22.5 Å². The number of carbonyl (C=O) groups is 1. The Kier molecular flexibility index (Phi) is 6.17. The van der Waals surface area contributed by atoms with Gasteiger partial charge in [0.25, 0.3) is 5.91 Å². The van der Waals surface area contributed by atoms with E-state index >= 15 is 0 Å². The first-order valence-corrected chi connectivity index (χ1v) is 11.9. The molecule has 0 spiro atoms. The van der Waals surface area contributed by atoms with Gasteiger partial charge in [-0.2, -0.15) is 10.4 Å². The van der Waals surface area contributed by atoms with Crippen molar-refractivity contribution in [1.82, 2.24) is 19.7 Å². The zero-order valence-corrected chi connectivity index (χ0v) is 20.4. The van der Waals surface area contributed by atoms with Crippen LogP contribution in [0.5, 0.6) is 0 Å². The SMILES string of the molecule is Cc1nn(CC2C=CC(C#N)=CC2C)c(C)c1NC(=O)c1cc(-c2cccnc2)nc2ccccc12. The van der Waals surface area contributed by atoms with Gasteiger partial charge in [-0.15, -0.1) is 0 Å². The molecular weight excluding hydrogens is 448 g/mol. The smallest absolute Gasteiger partial charge is 0.256 e. The minimum atomic E-state index is -0.211. The molecule has 2 atom stereocenters. The van der Waals surface area contributed by atoms with Crippen LogP contribution in [-0.2, 0) is 6.54 Å². The summed E-state index contributed by atoms with van der Waals surface area (Å²) in [5.74, 6) is 0.229. The molecule has 0 bridgehead atoms. The number of para-hydroxylation sites is 1. The van der Waals surface area contributed by atoms with Gasteiger partial charge in [0.1, 0.15) is 0 Å². The van der Waals surface area contributed by atoms with Gasteiger partial charge >= 0.3 is 0 Å². The van der Waals surface area contributed by atoms with Crippen LogP contribution in [0.3, 0.4) is 0 Å². The normalized spacial score (nSPS) is 17.0. The highest BCUT2D eigenvalue weighted by molar-refractivity contribution is 6.13. The minimum Gasteiger partial charge on any atom is -0.319 e. The summed E-state index contributed by atoms with van der Waals surface area (Å²) in [5.41, 5.74) is 5.88. The Balaban J connectivity index is 1.45.